The maximum Gasteiger partial charge on any atom is 0.159 e. The van der Waals surface area contributed by atoms with Gasteiger partial charge in [0.1, 0.15) is 16.6 Å². The van der Waals surface area contributed by atoms with Crippen LogP contribution in [0.15, 0.2) is 10.8 Å². The van der Waals surface area contributed by atoms with Crippen LogP contribution < -0.4 is 16.6 Å². The van der Waals surface area contributed by atoms with Gasteiger partial charge in [0, 0.05) is 12.6 Å². The second-order valence-corrected chi connectivity index (χ2v) is 5.13. The molecule has 1 fully saturated rings. The number of hydrogen-bond acceptors (Lipinski definition) is 6. The first-order chi connectivity index (χ1) is 8.76. The molecule has 0 radical (unpaired) electrons. The monoisotopic (exact) mass is 314 g/mol. The summed E-state index contributed by atoms with van der Waals surface area (Å²) in [6.45, 7) is 5.40. The Bertz CT molecular complexity index is 399. The van der Waals surface area contributed by atoms with Crippen LogP contribution in [0.3, 0.4) is 0 Å². The second-order valence-electron chi connectivity index (χ2n) is 4.33. The Morgan fingerprint density at radius 2 is 2.28 bits per heavy atom. The van der Waals surface area contributed by atoms with Crippen LogP contribution in [0, 0.1) is 0 Å². The second kappa shape index (κ2) is 6.31. The highest BCUT2D eigenvalue weighted by molar-refractivity contribution is 9.10. The van der Waals surface area contributed by atoms with Gasteiger partial charge in [0.05, 0.1) is 0 Å². The van der Waals surface area contributed by atoms with Gasteiger partial charge in [0.15, 0.2) is 5.82 Å². The van der Waals surface area contributed by atoms with E-state index in [4.69, 9.17) is 5.84 Å². The van der Waals surface area contributed by atoms with Crippen LogP contribution >= 0.6 is 15.9 Å². The molecule has 0 aliphatic carbocycles. The SMILES string of the molecule is CCN1CCCC1CNc1ncnc(NN)c1Br. The summed E-state index contributed by atoms with van der Waals surface area (Å²) in [5.74, 6) is 6.74. The Labute approximate surface area is 115 Å². The van der Waals surface area contributed by atoms with Crippen LogP contribution in [0.5, 0.6) is 0 Å². The van der Waals surface area contributed by atoms with Crippen molar-refractivity contribution in [3.8, 4) is 0 Å². The molecule has 1 aliphatic rings. The number of likely N-dealkylation sites (tertiary alicyclic amines) is 1. The quantitative estimate of drug-likeness (QED) is 0.563. The normalized spacial score (nSPS) is 20.1. The van der Waals surface area contributed by atoms with Gasteiger partial charge in [0.2, 0.25) is 0 Å². The Kier molecular flexibility index (Phi) is 4.73. The van der Waals surface area contributed by atoms with E-state index in [1.165, 1.54) is 25.7 Å². The molecular formula is C11H19BrN6. The molecule has 4 N–H and O–H groups in total. The van der Waals surface area contributed by atoms with Gasteiger partial charge in [-0.15, -0.1) is 0 Å². The molecule has 2 heterocycles. The minimum atomic E-state index is 0.589. The zero-order valence-corrected chi connectivity index (χ0v) is 12.1. The van der Waals surface area contributed by atoms with Gasteiger partial charge >= 0.3 is 0 Å². The zero-order chi connectivity index (χ0) is 13.0. The summed E-state index contributed by atoms with van der Waals surface area (Å²) in [5, 5.41) is 3.36. The minimum absolute atomic E-state index is 0.589. The van der Waals surface area contributed by atoms with Crippen LogP contribution in [0.25, 0.3) is 0 Å². The van der Waals surface area contributed by atoms with Crippen molar-refractivity contribution < 1.29 is 0 Å². The molecule has 2 rings (SSSR count). The molecule has 1 unspecified atom stereocenters. The van der Waals surface area contributed by atoms with Gasteiger partial charge in [-0.05, 0) is 41.9 Å². The van der Waals surface area contributed by atoms with E-state index in [1.54, 1.807) is 0 Å². The number of anilines is 2. The summed E-state index contributed by atoms with van der Waals surface area (Å²) in [7, 11) is 0. The molecule has 1 aromatic rings. The summed E-state index contributed by atoms with van der Waals surface area (Å²) < 4.78 is 0.772. The van der Waals surface area contributed by atoms with Crippen molar-refractivity contribution in [3.05, 3.63) is 10.8 Å². The smallest absolute Gasteiger partial charge is 0.159 e. The molecule has 0 aromatic carbocycles. The predicted molar refractivity (Wildman–Crippen MR) is 76.3 cm³/mol. The highest BCUT2D eigenvalue weighted by Gasteiger charge is 2.22. The lowest BCUT2D eigenvalue weighted by atomic mass is 10.2. The van der Waals surface area contributed by atoms with E-state index in [0.717, 1.165) is 23.4 Å². The largest absolute Gasteiger partial charge is 0.367 e. The topological polar surface area (TPSA) is 79.1 Å². The number of nitrogens with zero attached hydrogens (tertiary/aromatic N) is 3. The fourth-order valence-corrected chi connectivity index (χ4v) is 2.81. The fraction of sp³-hybridized carbons (Fsp3) is 0.636. The van der Waals surface area contributed by atoms with Crippen molar-refractivity contribution >= 4 is 27.6 Å². The Hall–Kier alpha value is -0.920. The summed E-state index contributed by atoms with van der Waals surface area (Å²) in [4.78, 5) is 10.7. The number of nitrogens with one attached hydrogen (secondary N) is 2. The van der Waals surface area contributed by atoms with E-state index >= 15 is 0 Å². The summed E-state index contributed by atoms with van der Waals surface area (Å²) in [5.41, 5.74) is 2.54. The third-order valence-corrected chi connectivity index (χ3v) is 4.09. The first-order valence-corrected chi connectivity index (χ1v) is 7.00. The van der Waals surface area contributed by atoms with Gasteiger partial charge in [-0.25, -0.2) is 15.8 Å². The number of hydrazine groups is 1. The van der Waals surface area contributed by atoms with E-state index in [1.807, 2.05) is 0 Å². The first kappa shape index (κ1) is 13.5. The minimum Gasteiger partial charge on any atom is -0.367 e. The number of hydrogen-bond donors (Lipinski definition) is 3. The van der Waals surface area contributed by atoms with Crippen molar-refractivity contribution in [2.45, 2.75) is 25.8 Å². The average molecular weight is 315 g/mol. The van der Waals surface area contributed by atoms with Crippen molar-refractivity contribution in [2.24, 2.45) is 5.84 Å². The number of likely N-dealkylation sites (N-methyl/N-ethyl adjacent to an activating group) is 1. The van der Waals surface area contributed by atoms with E-state index < -0.39 is 0 Å². The molecule has 100 valence electrons. The molecule has 0 bridgehead atoms. The van der Waals surface area contributed by atoms with Crippen LogP contribution in [-0.2, 0) is 0 Å². The maximum absolute atomic E-state index is 5.38. The summed E-state index contributed by atoms with van der Waals surface area (Å²) >= 11 is 3.44. The van der Waals surface area contributed by atoms with Crippen LogP contribution in [0.1, 0.15) is 19.8 Å². The number of nitrogens with two attached hydrogens (primary N) is 1. The summed E-state index contributed by atoms with van der Waals surface area (Å²) in [6, 6.07) is 0.589. The highest BCUT2D eigenvalue weighted by Crippen LogP contribution is 2.26. The average Bonchev–Trinajstić information content (AvgIpc) is 2.85. The molecule has 6 nitrogen and oxygen atoms in total. The molecule has 7 heteroatoms. The molecule has 18 heavy (non-hydrogen) atoms. The molecule has 1 saturated heterocycles. The van der Waals surface area contributed by atoms with E-state index in [0.29, 0.717) is 11.9 Å². The van der Waals surface area contributed by atoms with Crippen LogP contribution in [0.4, 0.5) is 11.6 Å². The number of aromatic nitrogens is 2. The van der Waals surface area contributed by atoms with Gasteiger partial charge in [-0.3, -0.25) is 4.90 Å². The zero-order valence-electron chi connectivity index (χ0n) is 10.5. The van der Waals surface area contributed by atoms with Crippen LogP contribution in [0.2, 0.25) is 0 Å². The Morgan fingerprint density at radius 1 is 1.50 bits per heavy atom. The summed E-state index contributed by atoms with van der Waals surface area (Å²) in [6.07, 6.45) is 4.01. The first-order valence-electron chi connectivity index (χ1n) is 6.21. The molecule has 0 spiro atoms. The highest BCUT2D eigenvalue weighted by atomic mass is 79.9. The molecule has 1 aromatic heterocycles. The lowest BCUT2D eigenvalue weighted by molar-refractivity contribution is 0.277. The number of rotatable bonds is 5. The molecule has 1 atom stereocenters. The van der Waals surface area contributed by atoms with E-state index in [2.05, 4.69) is 48.5 Å². The van der Waals surface area contributed by atoms with Crippen LogP contribution in [-0.4, -0.2) is 40.5 Å². The van der Waals surface area contributed by atoms with E-state index in [-0.39, 0.29) is 0 Å². The van der Waals surface area contributed by atoms with Gasteiger partial charge in [-0.2, -0.15) is 0 Å². The third-order valence-electron chi connectivity index (χ3n) is 3.34. The number of halogens is 1. The fourth-order valence-electron chi connectivity index (χ4n) is 2.35. The van der Waals surface area contributed by atoms with Gasteiger partial charge in [0.25, 0.3) is 0 Å². The molecular weight excluding hydrogens is 296 g/mol. The molecule has 0 amide bonds. The van der Waals surface area contributed by atoms with Crippen molar-refractivity contribution in [2.75, 3.05) is 30.4 Å². The Morgan fingerprint density at radius 3 is 3.00 bits per heavy atom. The maximum atomic E-state index is 5.38. The lowest BCUT2D eigenvalue weighted by Gasteiger charge is -2.23. The van der Waals surface area contributed by atoms with Gasteiger partial charge < -0.3 is 10.7 Å². The van der Waals surface area contributed by atoms with Gasteiger partial charge in [-0.1, -0.05) is 6.92 Å². The van der Waals surface area contributed by atoms with Crippen molar-refractivity contribution in [1.29, 1.82) is 0 Å². The van der Waals surface area contributed by atoms with E-state index in [9.17, 15) is 0 Å². The van der Waals surface area contributed by atoms with Crippen molar-refractivity contribution in [1.82, 2.24) is 14.9 Å². The molecule has 1 aliphatic heterocycles. The standard InChI is InChI=1S/C11H19BrN6/c1-2-18-5-3-4-8(18)6-14-10-9(12)11(17-13)16-7-15-10/h7-8H,2-6,13H2,1H3,(H2,14,15,16,17). The predicted octanol–water partition coefficient (Wildman–Crippen LogP) is 1.42. The van der Waals surface area contributed by atoms with Crippen molar-refractivity contribution in [3.63, 3.8) is 0 Å². The third kappa shape index (κ3) is 2.90. The molecule has 0 saturated carbocycles. The number of nitrogen functional groups attached to an aromatic ring is 1. The lowest BCUT2D eigenvalue weighted by Crippen LogP contribution is -2.34. The Balaban J connectivity index is 1.98.